The van der Waals surface area contributed by atoms with Crippen molar-refractivity contribution in [3.05, 3.63) is 11.6 Å². The van der Waals surface area contributed by atoms with Gasteiger partial charge in [-0.3, -0.25) is 4.79 Å². The van der Waals surface area contributed by atoms with Crippen LogP contribution in [0.25, 0.3) is 0 Å². The highest BCUT2D eigenvalue weighted by atomic mass is 16.8. The highest BCUT2D eigenvalue weighted by molar-refractivity contribution is 5.79. The molecular weight excluding hydrogens is 1360 g/mol. The quantitative estimate of drug-likeness (QED) is 0.0393. The number of rotatable bonds is 16. The molecule has 4 saturated carbocycles. The molecule has 0 spiro atoms. The van der Waals surface area contributed by atoms with Crippen LogP contribution in [0.4, 0.5) is 0 Å². The molecule has 7 aliphatic heterocycles. The Hall–Kier alpha value is -2.03. The molecule has 0 aromatic rings. The topological polar surface area (TPSA) is 510 Å². The molecule has 0 amide bonds. The van der Waals surface area contributed by atoms with E-state index in [1.165, 1.54) is 19.4 Å². The van der Waals surface area contributed by atoms with Crippen LogP contribution in [0.2, 0.25) is 0 Å². The number of esters is 1. The molecule has 12 rings (SSSR count). The fourth-order valence-electron chi connectivity index (χ4n) is 19.9. The molecule has 33 heteroatoms. The standard InChI is InChI=1S/C69H112O33/c1-26-38(74)44(80)48(84)58(93-26)98-52-33(21-70)95-56(50(86)46(52)82)92-25-34-43(79)45(81)49(85)59(96-34)102-63(88)69-18-16-64(3,4)20-29(69)28-10-11-36-66(7)14-13-37(65(5,6)35(66)12-15-68(36,9)67(28,8)17-19-69)97-61-54(41(77)31(72)23-90-61)101-60-51(87)53(39(75)27(2)94-60)99-62-55(42(78)32(73)24-91-62)100-57-47(83)40(76)30(71)22-89-57/h10,26-27,29-62,70-87H,11-25H2,1-9H3/t26-,27-,29-,30+,31-,32+,33+,34+,35-,36+,37-,38-,39-,40-,41-,42-,43+,44+,45-,46+,47+,48+,49+,50+,51+,52+,53+,54+,55+,56+,57-,58-,59-,60-,61-,62-,66-,67+,68+,69-/m0/s1. The second-order valence-corrected chi connectivity index (χ2v) is 33.4. The maximum Gasteiger partial charge on any atom is 0.315 e. The molecule has 0 aromatic carbocycles. The van der Waals surface area contributed by atoms with Gasteiger partial charge >= 0.3 is 5.97 Å². The van der Waals surface area contributed by atoms with Crippen molar-refractivity contribution in [1.82, 2.24) is 0 Å². The van der Waals surface area contributed by atoms with Crippen LogP contribution in [-0.2, 0) is 71.1 Å². The van der Waals surface area contributed by atoms with Crippen molar-refractivity contribution in [2.24, 2.45) is 50.2 Å². The average molecular weight is 1470 g/mol. The summed E-state index contributed by atoms with van der Waals surface area (Å²) in [5.41, 5.74) is -1.61. The largest absolute Gasteiger partial charge is 0.432 e. The van der Waals surface area contributed by atoms with E-state index in [-0.39, 0.29) is 40.6 Å². The Morgan fingerprint density at radius 2 is 0.980 bits per heavy atom. The Morgan fingerprint density at radius 3 is 1.63 bits per heavy atom. The summed E-state index contributed by atoms with van der Waals surface area (Å²) >= 11 is 0. The normalized spacial score (nSPS) is 54.8. The lowest BCUT2D eigenvalue weighted by Crippen LogP contribution is -2.66. The van der Waals surface area contributed by atoms with Crippen molar-refractivity contribution in [1.29, 1.82) is 0 Å². The number of hydrogen-bond donors (Lipinski definition) is 18. The van der Waals surface area contributed by atoms with E-state index in [0.717, 1.165) is 19.3 Å². The molecule has 12 aliphatic rings. The van der Waals surface area contributed by atoms with Gasteiger partial charge in [-0.2, -0.15) is 0 Å². The Balaban J connectivity index is 0.711. The summed E-state index contributed by atoms with van der Waals surface area (Å²) < 4.78 is 83.5. The van der Waals surface area contributed by atoms with E-state index in [0.29, 0.717) is 44.9 Å². The second-order valence-electron chi connectivity index (χ2n) is 33.4. The number of aliphatic hydroxyl groups excluding tert-OH is 18. The molecule has 33 nitrogen and oxygen atoms in total. The maximum absolute atomic E-state index is 15.4. The van der Waals surface area contributed by atoms with Crippen LogP contribution >= 0.6 is 0 Å². The third-order valence-electron chi connectivity index (χ3n) is 26.5. The lowest BCUT2D eigenvalue weighted by atomic mass is 9.33. The zero-order valence-corrected chi connectivity index (χ0v) is 59.1. The second kappa shape index (κ2) is 30.0. The molecule has 0 aromatic heterocycles. The van der Waals surface area contributed by atoms with Gasteiger partial charge in [0.1, 0.15) is 140 Å². The molecule has 102 heavy (non-hydrogen) atoms. The number of ether oxygens (including phenoxy) is 14. The fourth-order valence-corrected chi connectivity index (χ4v) is 19.9. The first-order chi connectivity index (χ1) is 47.8. The summed E-state index contributed by atoms with van der Waals surface area (Å²) in [7, 11) is 0. The number of carbonyl (C=O) groups is 1. The zero-order valence-electron chi connectivity index (χ0n) is 59.1. The minimum atomic E-state index is -1.92. The first-order valence-corrected chi connectivity index (χ1v) is 36.3. The van der Waals surface area contributed by atoms with Gasteiger partial charge < -0.3 is 158 Å². The van der Waals surface area contributed by atoms with Gasteiger partial charge in [0.15, 0.2) is 37.7 Å². The van der Waals surface area contributed by atoms with Crippen LogP contribution in [0, 0.1) is 50.2 Å². The fraction of sp³-hybridized carbons (Fsp3) is 0.957. The van der Waals surface area contributed by atoms with Crippen molar-refractivity contribution in [3.63, 3.8) is 0 Å². The number of aliphatic hydroxyl groups is 18. The third-order valence-corrected chi connectivity index (χ3v) is 26.5. The summed E-state index contributed by atoms with van der Waals surface area (Å²) in [6, 6.07) is 0. The smallest absolute Gasteiger partial charge is 0.315 e. The molecule has 18 N–H and O–H groups in total. The summed E-state index contributed by atoms with van der Waals surface area (Å²) in [4.78, 5) is 15.4. The lowest BCUT2D eigenvalue weighted by molar-refractivity contribution is -0.387. The van der Waals surface area contributed by atoms with Crippen molar-refractivity contribution < 1.29 is 163 Å². The van der Waals surface area contributed by atoms with Crippen molar-refractivity contribution in [2.45, 2.75) is 329 Å². The van der Waals surface area contributed by atoms with E-state index < -0.39 is 251 Å². The van der Waals surface area contributed by atoms with E-state index in [2.05, 4.69) is 54.5 Å². The van der Waals surface area contributed by atoms with Gasteiger partial charge in [0.2, 0.25) is 6.29 Å². The molecule has 40 atom stereocenters. The maximum atomic E-state index is 15.4. The van der Waals surface area contributed by atoms with Gasteiger partial charge in [-0.25, -0.2) is 0 Å². The Kier molecular flexibility index (Phi) is 23.4. The van der Waals surface area contributed by atoms with Crippen LogP contribution in [0.1, 0.15) is 127 Å². The molecule has 586 valence electrons. The minimum absolute atomic E-state index is 0.0736. The van der Waals surface area contributed by atoms with E-state index >= 15 is 4.79 Å². The first-order valence-electron chi connectivity index (χ1n) is 36.3. The Bertz CT molecular complexity index is 2900. The first kappa shape index (κ1) is 79.5. The van der Waals surface area contributed by atoms with Gasteiger partial charge in [-0.1, -0.05) is 60.1 Å². The van der Waals surface area contributed by atoms with Gasteiger partial charge in [-0.15, -0.1) is 0 Å². The SMILES string of the molecule is C[C@@H]1O[C@@H](O[C@H]2[C@H](O)[C@@H](O)[C@H](OC[C@H]3O[C@@H](OC(=O)[C@]45CCC(C)(C)C[C@H]4C4=CC[C@@H]6[C@@]7(C)CC[C@H](O[C@@H]8OC[C@H](O)[C@H](O)[C@H]8O[C@@H]8O[C@@H](C)[C@H](O)[C@@H](O[C@@H]9OC[C@@H](O)[C@H](O)[C@H]9O[C@@H]9OC[C@@H](O)[C@H](O)[C@H]9O)[C@H]8O)C(C)(C)[C@@H]7CC[C@@]6(C)[C@]4(C)CC5)[C@H](O)[C@@H](O)[C@@H]3O)O[C@@H]2CO)[C@H](O)[C@H](O)[C@H]1O. The summed E-state index contributed by atoms with van der Waals surface area (Å²) in [6.07, 6.45) is -43.8. The van der Waals surface area contributed by atoms with Gasteiger partial charge in [0.25, 0.3) is 0 Å². The summed E-state index contributed by atoms with van der Waals surface area (Å²) in [6.45, 7) is 15.9. The van der Waals surface area contributed by atoms with Crippen LogP contribution in [0.15, 0.2) is 11.6 Å². The van der Waals surface area contributed by atoms with E-state index in [4.69, 9.17) is 66.3 Å². The number of hydrogen-bond acceptors (Lipinski definition) is 33. The van der Waals surface area contributed by atoms with Crippen molar-refractivity contribution >= 4 is 5.97 Å². The van der Waals surface area contributed by atoms with Crippen LogP contribution < -0.4 is 0 Å². The highest BCUT2D eigenvalue weighted by Gasteiger charge is 2.71. The van der Waals surface area contributed by atoms with Crippen molar-refractivity contribution in [3.8, 4) is 0 Å². The molecule has 0 radical (unpaired) electrons. The molecule has 7 heterocycles. The Labute approximate surface area is 591 Å². The molecule has 0 unspecified atom stereocenters. The number of fused-ring (bicyclic) bond motifs is 7. The summed E-state index contributed by atoms with van der Waals surface area (Å²) in [5, 5.41) is 197. The minimum Gasteiger partial charge on any atom is -0.432 e. The van der Waals surface area contributed by atoms with E-state index in [1.54, 1.807) is 0 Å². The predicted molar refractivity (Wildman–Crippen MR) is 340 cm³/mol. The zero-order chi connectivity index (χ0) is 74.2. The van der Waals surface area contributed by atoms with Gasteiger partial charge in [0.05, 0.1) is 56.8 Å². The monoisotopic (exact) mass is 1470 g/mol. The summed E-state index contributed by atoms with van der Waals surface area (Å²) in [5.74, 6) is -0.708. The van der Waals surface area contributed by atoms with Crippen molar-refractivity contribution in [2.75, 3.05) is 33.0 Å². The van der Waals surface area contributed by atoms with E-state index in [9.17, 15) is 91.9 Å². The predicted octanol–water partition coefficient (Wildman–Crippen LogP) is -4.59. The number of carbonyl (C=O) groups excluding carboxylic acids is 1. The molecule has 5 aliphatic carbocycles. The molecule has 0 bridgehead atoms. The molecular formula is C69H112O33. The van der Waals surface area contributed by atoms with Gasteiger partial charge in [0, 0.05) is 0 Å². The highest BCUT2D eigenvalue weighted by Crippen LogP contribution is 2.76. The van der Waals surface area contributed by atoms with E-state index in [1.807, 2.05) is 0 Å². The van der Waals surface area contributed by atoms with Crippen LogP contribution in [0.3, 0.4) is 0 Å². The van der Waals surface area contributed by atoms with Gasteiger partial charge in [-0.05, 0) is 123 Å². The molecule has 11 fully saturated rings. The van der Waals surface area contributed by atoms with Crippen LogP contribution in [-0.4, -0.2) is 334 Å². The van der Waals surface area contributed by atoms with Crippen LogP contribution in [0.5, 0.6) is 0 Å². The lowest BCUT2D eigenvalue weighted by Gasteiger charge is -2.71. The third kappa shape index (κ3) is 14.0. The Morgan fingerprint density at radius 1 is 0.461 bits per heavy atom. The molecule has 7 saturated heterocycles. The average Bonchev–Trinajstić information content (AvgIpc) is 0.675. The number of allylic oxidation sites excluding steroid dienone is 2.